The number of carbonyl (C=O) groups is 3. The third kappa shape index (κ3) is 4.56. The molecule has 2 unspecified atom stereocenters. The van der Waals surface area contributed by atoms with Crippen molar-refractivity contribution in [2.24, 2.45) is 10.9 Å². The Balaban J connectivity index is 2.82. The largest absolute Gasteiger partial charge is 0.465 e. The van der Waals surface area contributed by atoms with Gasteiger partial charge in [-0.2, -0.15) is 0 Å². The van der Waals surface area contributed by atoms with Gasteiger partial charge < -0.3 is 14.3 Å². The number of nitro groups is 1. The Hall–Kier alpha value is -3.36. The van der Waals surface area contributed by atoms with E-state index in [1.165, 1.54) is 18.2 Å². The number of nitrogens with zero attached hydrogens (tertiary/aromatic N) is 2. The molecule has 2 atom stereocenters. The lowest BCUT2D eigenvalue weighted by Gasteiger charge is -2.31. The van der Waals surface area contributed by atoms with Crippen LogP contribution in [0, 0.1) is 16.0 Å². The van der Waals surface area contributed by atoms with E-state index >= 15 is 0 Å². The molecule has 29 heavy (non-hydrogen) atoms. The Labute approximate surface area is 167 Å². The van der Waals surface area contributed by atoms with Crippen LogP contribution in [0.3, 0.4) is 0 Å². The quantitative estimate of drug-likeness (QED) is 0.283. The molecule has 1 aliphatic rings. The molecule has 0 aliphatic carbocycles. The fourth-order valence-corrected chi connectivity index (χ4v) is 3.41. The number of benzene rings is 1. The van der Waals surface area contributed by atoms with Gasteiger partial charge in [0.25, 0.3) is 5.69 Å². The predicted octanol–water partition coefficient (Wildman–Crippen LogP) is 2.74. The highest BCUT2D eigenvalue weighted by Crippen LogP contribution is 2.43. The minimum atomic E-state index is -1.07. The zero-order chi connectivity index (χ0) is 21.6. The third-order valence-electron chi connectivity index (χ3n) is 4.50. The Kier molecular flexibility index (Phi) is 7.35. The summed E-state index contributed by atoms with van der Waals surface area (Å²) in [4.78, 5) is 52.1. The third-order valence-corrected chi connectivity index (χ3v) is 4.50. The van der Waals surface area contributed by atoms with Gasteiger partial charge >= 0.3 is 11.9 Å². The molecule has 0 amide bonds. The first kappa shape index (κ1) is 21.9. The molecule has 0 radical (unpaired) electrons. The van der Waals surface area contributed by atoms with Gasteiger partial charge in [0.1, 0.15) is 12.2 Å². The van der Waals surface area contributed by atoms with Gasteiger partial charge in [-0.25, -0.2) is 4.79 Å². The van der Waals surface area contributed by atoms with E-state index in [0.717, 1.165) is 0 Å². The van der Waals surface area contributed by atoms with Gasteiger partial charge in [-0.15, -0.1) is 0 Å². The monoisotopic (exact) mass is 402 g/mol. The highest BCUT2D eigenvalue weighted by Gasteiger charge is 2.45. The molecule has 2 rings (SSSR count). The zero-order valence-corrected chi connectivity index (χ0v) is 16.4. The molecule has 9 heteroatoms. The molecule has 0 saturated heterocycles. The van der Waals surface area contributed by atoms with E-state index in [9.17, 15) is 24.5 Å². The molecule has 154 valence electrons. The number of hydrogen-bond acceptors (Lipinski definition) is 8. The number of carbonyl (C=O) groups excluding carboxylic acids is 3. The number of esters is 2. The maximum Gasteiger partial charge on any atom is 0.336 e. The predicted molar refractivity (Wildman–Crippen MR) is 103 cm³/mol. The van der Waals surface area contributed by atoms with Crippen molar-refractivity contribution in [3.8, 4) is 0 Å². The second-order valence-corrected chi connectivity index (χ2v) is 6.23. The average molecular weight is 402 g/mol. The van der Waals surface area contributed by atoms with Gasteiger partial charge in [-0.3, -0.25) is 19.9 Å². The lowest BCUT2D eigenvalue weighted by molar-refractivity contribution is -0.385. The number of para-hydroxylation sites is 1. The molecular formula is C20H22N2O7. The van der Waals surface area contributed by atoms with Crippen LogP contribution in [0.25, 0.3) is 0 Å². The highest BCUT2D eigenvalue weighted by molar-refractivity contribution is 6.07. The van der Waals surface area contributed by atoms with E-state index < -0.39 is 28.7 Å². The van der Waals surface area contributed by atoms with Crippen LogP contribution < -0.4 is 0 Å². The van der Waals surface area contributed by atoms with Gasteiger partial charge in [0.05, 0.1) is 29.4 Å². The summed E-state index contributed by atoms with van der Waals surface area (Å²) in [5, 5.41) is 11.6. The van der Waals surface area contributed by atoms with Crippen molar-refractivity contribution in [1.29, 1.82) is 0 Å². The van der Waals surface area contributed by atoms with Crippen LogP contribution in [-0.4, -0.2) is 42.1 Å². The summed E-state index contributed by atoms with van der Waals surface area (Å²) < 4.78 is 10.3. The topological polar surface area (TPSA) is 125 Å². The molecule has 0 saturated carbocycles. The lowest BCUT2D eigenvalue weighted by Crippen LogP contribution is -2.37. The number of ether oxygens (including phenoxy) is 2. The molecular weight excluding hydrogens is 380 g/mol. The van der Waals surface area contributed by atoms with Crippen LogP contribution in [0.1, 0.15) is 38.7 Å². The number of nitro benzene ring substituents is 1. The molecule has 1 aliphatic heterocycles. The van der Waals surface area contributed by atoms with Crippen molar-refractivity contribution in [2.45, 2.75) is 33.1 Å². The SMILES string of the molecule is CCOC(=O)C1=C(CC=O)N=C(C)C(C(=O)OCC)C1c1ccccc1[N+](=O)[O-]. The van der Waals surface area contributed by atoms with Crippen molar-refractivity contribution in [3.63, 3.8) is 0 Å². The van der Waals surface area contributed by atoms with Crippen molar-refractivity contribution < 1.29 is 28.8 Å². The standard InChI is InChI=1S/C20H22N2O7/c1-4-28-19(24)16-12(3)21-14(10-11-23)18(20(25)29-5-2)17(16)13-8-6-7-9-15(13)22(26)27/h6-9,11,16-17H,4-5,10H2,1-3H3. The zero-order valence-electron chi connectivity index (χ0n) is 16.4. The van der Waals surface area contributed by atoms with Crippen molar-refractivity contribution in [2.75, 3.05) is 13.2 Å². The second kappa shape index (κ2) is 9.72. The lowest BCUT2D eigenvalue weighted by atomic mass is 9.74. The molecule has 0 aromatic heterocycles. The van der Waals surface area contributed by atoms with Crippen LogP contribution >= 0.6 is 0 Å². The molecule has 1 heterocycles. The average Bonchev–Trinajstić information content (AvgIpc) is 2.67. The minimum absolute atomic E-state index is 0.0445. The Morgan fingerprint density at radius 3 is 2.45 bits per heavy atom. The minimum Gasteiger partial charge on any atom is -0.465 e. The van der Waals surface area contributed by atoms with E-state index in [1.54, 1.807) is 26.8 Å². The Morgan fingerprint density at radius 1 is 1.21 bits per heavy atom. The van der Waals surface area contributed by atoms with E-state index in [4.69, 9.17) is 9.47 Å². The van der Waals surface area contributed by atoms with Crippen molar-refractivity contribution in [1.82, 2.24) is 0 Å². The van der Waals surface area contributed by atoms with Crippen LogP contribution in [-0.2, 0) is 23.9 Å². The number of allylic oxidation sites excluding steroid dienone is 1. The van der Waals surface area contributed by atoms with Gasteiger partial charge in [0.2, 0.25) is 0 Å². The van der Waals surface area contributed by atoms with Gasteiger partial charge in [0, 0.05) is 29.7 Å². The first-order valence-electron chi connectivity index (χ1n) is 9.16. The van der Waals surface area contributed by atoms with E-state index in [0.29, 0.717) is 12.0 Å². The molecule has 0 bridgehead atoms. The number of aliphatic imine (C=N–C) groups is 1. The fourth-order valence-electron chi connectivity index (χ4n) is 3.41. The molecule has 1 aromatic rings. The van der Waals surface area contributed by atoms with Crippen molar-refractivity contribution >= 4 is 29.6 Å². The maximum absolute atomic E-state index is 12.8. The van der Waals surface area contributed by atoms with E-state index in [1.807, 2.05) is 0 Å². The molecule has 9 nitrogen and oxygen atoms in total. The number of rotatable bonds is 8. The smallest absolute Gasteiger partial charge is 0.336 e. The van der Waals surface area contributed by atoms with E-state index in [2.05, 4.69) is 4.99 Å². The summed E-state index contributed by atoms with van der Waals surface area (Å²) in [6, 6.07) is 5.84. The van der Waals surface area contributed by atoms with Gasteiger partial charge in [-0.05, 0) is 20.8 Å². The normalized spacial score (nSPS) is 18.7. The van der Waals surface area contributed by atoms with Crippen LogP contribution in [0.2, 0.25) is 0 Å². The number of hydrogen-bond donors (Lipinski definition) is 0. The van der Waals surface area contributed by atoms with Crippen LogP contribution in [0.5, 0.6) is 0 Å². The Bertz CT molecular complexity index is 889. The highest BCUT2D eigenvalue weighted by atomic mass is 16.6. The summed E-state index contributed by atoms with van der Waals surface area (Å²) >= 11 is 0. The Morgan fingerprint density at radius 2 is 1.86 bits per heavy atom. The first-order valence-corrected chi connectivity index (χ1v) is 9.16. The molecule has 0 fully saturated rings. The van der Waals surface area contributed by atoms with E-state index in [-0.39, 0.29) is 42.2 Å². The maximum atomic E-state index is 12.8. The summed E-state index contributed by atoms with van der Waals surface area (Å²) in [5.41, 5.74) is 0.276. The van der Waals surface area contributed by atoms with Gasteiger partial charge in [0.15, 0.2) is 0 Å². The van der Waals surface area contributed by atoms with Crippen LogP contribution in [0.4, 0.5) is 5.69 Å². The molecule has 1 aromatic carbocycles. The number of aldehydes is 1. The van der Waals surface area contributed by atoms with Gasteiger partial charge in [-0.1, -0.05) is 18.2 Å². The van der Waals surface area contributed by atoms with Crippen molar-refractivity contribution in [3.05, 3.63) is 51.2 Å². The van der Waals surface area contributed by atoms with Crippen LogP contribution in [0.15, 0.2) is 40.5 Å². The molecule has 0 spiro atoms. The summed E-state index contributed by atoms with van der Waals surface area (Å²) in [7, 11) is 0. The second-order valence-electron chi connectivity index (χ2n) is 6.23. The first-order chi connectivity index (χ1) is 13.9. The summed E-state index contributed by atoms with van der Waals surface area (Å²) in [6.07, 6.45) is 0.380. The molecule has 0 N–H and O–H groups in total. The fraction of sp³-hybridized carbons (Fsp3) is 0.400. The summed E-state index contributed by atoms with van der Waals surface area (Å²) in [6.45, 7) is 4.94. The summed E-state index contributed by atoms with van der Waals surface area (Å²) in [5.74, 6) is -3.57.